The first-order valence-electron chi connectivity index (χ1n) is 7.30. The summed E-state index contributed by atoms with van der Waals surface area (Å²) in [4.78, 5) is 0. The van der Waals surface area contributed by atoms with Crippen LogP contribution in [-0.4, -0.2) is 0 Å². The van der Waals surface area contributed by atoms with Crippen LogP contribution in [0.15, 0.2) is 48.5 Å². The van der Waals surface area contributed by atoms with Gasteiger partial charge in [-0.05, 0) is 54.5 Å². The van der Waals surface area contributed by atoms with Crippen molar-refractivity contribution in [2.45, 2.75) is 38.3 Å². The summed E-state index contributed by atoms with van der Waals surface area (Å²) in [5.41, 5.74) is 3.85. The second kappa shape index (κ2) is 5.76. The molecule has 0 aliphatic heterocycles. The Kier molecular flexibility index (Phi) is 3.83. The molecule has 0 aromatic heterocycles. The van der Waals surface area contributed by atoms with Crippen molar-refractivity contribution in [3.63, 3.8) is 0 Å². The Labute approximate surface area is 119 Å². The molecular formula is C18H20FN. The van der Waals surface area contributed by atoms with Gasteiger partial charge in [-0.1, -0.05) is 36.4 Å². The van der Waals surface area contributed by atoms with Crippen LogP contribution in [0.5, 0.6) is 0 Å². The largest absolute Gasteiger partial charge is 0.306 e. The highest BCUT2D eigenvalue weighted by Crippen LogP contribution is 2.41. The number of halogens is 1. The highest BCUT2D eigenvalue weighted by Gasteiger charge is 2.25. The molecule has 0 bridgehead atoms. The molecule has 1 aliphatic rings. The predicted molar refractivity (Wildman–Crippen MR) is 80.1 cm³/mol. The quantitative estimate of drug-likeness (QED) is 0.839. The molecule has 1 N–H and O–H groups in total. The Morgan fingerprint density at radius 2 is 1.95 bits per heavy atom. The second-order valence-electron chi connectivity index (χ2n) is 5.63. The zero-order chi connectivity index (χ0) is 13.9. The summed E-state index contributed by atoms with van der Waals surface area (Å²) < 4.78 is 13.2. The summed E-state index contributed by atoms with van der Waals surface area (Å²) in [6.07, 6.45) is 2.63. The summed E-state index contributed by atoms with van der Waals surface area (Å²) in [6, 6.07) is 15.6. The molecule has 0 unspecified atom stereocenters. The smallest absolute Gasteiger partial charge is 0.123 e. The van der Waals surface area contributed by atoms with Crippen molar-refractivity contribution in [3.8, 4) is 0 Å². The van der Waals surface area contributed by atoms with Gasteiger partial charge in [0.25, 0.3) is 0 Å². The summed E-state index contributed by atoms with van der Waals surface area (Å²) in [6.45, 7) is 2.92. The fourth-order valence-electron chi connectivity index (χ4n) is 2.64. The number of benzene rings is 2. The Hall–Kier alpha value is -1.67. The van der Waals surface area contributed by atoms with Crippen LogP contribution >= 0.6 is 0 Å². The maximum absolute atomic E-state index is 13.2. The van der Waals surface area contributed by atoms with Crippen molar-refractivity contribution < 1.29 is 4.39 Å². The predicted octanol–water partition coefficient (Wildman–Crippen LogP) is 4.55. The van der Waals surface area contributed by atoms with E-state index in [0.29, 0.717) is 0 Å². The van der Waals surface area contributed by atoms with Gasteiger partial charge < -0.3 is 5.32 Å². The van der Waals surface area contributed by atoms with Gasteiger partial charge in [0.2, 0.25) is 0 Å². The lowest BCUT2D eigenvalue weighted by Crippen LogP contribution is -2.19. The van der Waals surface area contributed by atoms with Crippen molar-refractivity contribution in [2.75, 3.05) is 0 Å². The lowest BCUT2D eigenvalue weighted by Gasteiger charge is -2.16. The van der Waals surface area contributed by atoms with Gasteiger partial charge in [0.1, 0.15) is 5.82 Å². The summed E-state index contributed by atoms with van der Waals surface area (Å²) >= 11 is 0. The van der Waals surface area contributed by atoms with E-state index in [1.165, 1.54) is 30.0 Å². The standard InChI is InChI=1S/C18H20FN/c1-13(15-6-4-7-17(19)11-15)20-12-16-5-2-3-8-18(16)14-9-10-14/h2-8,11,13-14,20H,9-10,12H2,1H3/t13-/m0/s1. The Morgan fingerprint density at radius 1 is 1.15 bits per heavy atom. The topological polar surface area (TPSA) is 12.0 Å². The Bertz CT molecular complexity index is 589. The van der Waals surface area contributed by atoms with Crippen molar-refractivity contribution in [2.24, 2.45) is 0 Å². The van der Waals surface area contributed by atoms with E-state index < -0.39 is 0 Å². The molecule has 3 rings (SSSR count). The van der Waals surface area contributed by atoms with E-state index in [1.54, 1.807) is 12.1 Å². The molecule has 104 valence electrons. The zero-order valence-corrected chi connectivity index (χ0v) is 11.8. The maximum atomic E-state index is 13.2. The molecule has 1 nitrogen and oxygen atoms in total. The molecule has 0 saturated heterocycles. The molecule has 0 heterocycles. The highest BCUT2D eigenvalue weighted by molar-refractivity contribution is 5.33. The van der Waals surface area contributed by atoms with E-state index in [9.17, 15) is 4.39 Å². The third-order valence-electron chi connectivity index (χ3n) is 4.02. The average molecular weight is 269 g/mol. The molecular weight excluding hydrogens is 249 g/mol. The molecule has 1 atom stereocenters. The highest BCUT2D eigenvalue weighted by atomic mass is 19.1. The molecule has 1 fully saturated rings. The first-order chi connectivity index (χ1) is 9.74. The van der Waals surface area contributed by atoms with E-state index in [0.717, 1.165) is 18.0 Å². The zero-order valence-electron chi connectivity index (χ0n) is 11.8. The molecule has 20 heavy (non-hydrogen) atoms. The van der Waals surface area contributed by atoms with Gasteiger partial charge in [-0.25, -0.2) is 4.39 Å². The van der Waals surface area contributed by atoms with Crippen LogP contribution in [0, 0.1) is 5.82 Å². The number of hydrogen-bond donors (Lipinski definition) is 1. The lowest BCUT2D eigenvalue weighted by atomic mass is 10.0. The van der Waals surface area contributed by atoms with Crippen LogP contribution in [-0.2, 0) is 6.54 Å². The molecule has 0 spiro atoms. The molecule has 1 saturated carbocycles. The van der Waals surface area contributed by atoms with Gasteiger partial charge in [0.05, 0.1) is 0 Å². The Balaban J connectivity index is 1.67. The van der Waals surface area contributed by atoms with Crippen LogP contribution in [0.25, 0.3) is 0 Å². The van der Waals surface area contributed by atoms with E-state index in [-0.39, 0.29) is 11.9 Å². The SMILES string of the molecule is C[C@H](NCc1ccccc1C1CC1)c1cccc(F)c1. The minimum atomic E-state index is -0.172. The summed E-state index contributed by atoms with van der Waals surface area (Å²) in [5.74, 6) is 0.590. The fraction of sp³-hybridized carbons (Fsp3) is 0.333. The average Bonchev–Trinajstić information content (AvgIpc) is 3.29. The van der Waals surface area contributed by atoms with Gasteiger partial charge in [0, 0.05) is 12.6 Å². The van der Waals surface area contributed by atoms with Crippen molar-refractivity contribution in [1.82, 2.24) is 5.32 Å². The normalized spacial score (nSPS) is 16.1. The van der Waals surface area contributed by atoms with Crippen LogP contribution < -0.4 is 5.32 Å². The number of hydrogen-bond acceptors (Lipinski definition) is 1. The van der Waals surface area contributed by atoms with Crippen LogP contribution in [0.1, 0.15) is 48.4 Å². The molecule has 1 aliphatic carbocycles. The minimum Gasteiger partial charge on any atom is -0.306 e. The fourth-order valence-corrected chi connectivity index (χ4v) is 2.64. The minimum absolute atomic E-state index is 0.151. The third kappa shape index (κ3) is 3.07. The molecule has 0 amide bonds. The van der Waals surface area contributed by atoms with E-state index in [1.807, 2.05) is 6.07 Å². The lowest BCUT2D eigenvalue weighted by molar-refractivity contribution is 0.563. The maximum Gasteiger partial charge on any atom is 0.123 e. The van der Waals surface area contributed by atoms with Crippen molar-refractivity contribution in [1.29, 1.82) is 0 Å². The van der Waals surface area contributed by atoms with Crippen LogP contribution in [0.2, 0.25) is 0 Å². The van der Waals surface area contributed by atoms with Gasteiger partial charge in [-0.2, -0.15) is 0 Å². The van der Waals surface area contributed by atoms with Crippen LogP contribution in [0.4, 0.5) is 4.39 Å². The van der Waals surface area contributed by atoms with Gasteiger partial charge in [0.15, 0.2) is 0 Å². The number of nitrogens with one attached hydrogen (secondary N) is 1. The first-order valence-corrected chi connectivity index (χ1v) is 7.30. The van der Waals surface area contributed by atoms with Gasteiger partial charge in [-0.3, -0.25) is 0 Å². The van der Waals surface area contributed by atoms with Gasteiger partial charge >= 0.3 is 0 Å². The van der Waals surface area contributed by atoms with E-state index in [4.69, 9.17) is 0 Å². The van der Waals surface area contributed by atoms with Crippen molar-refractivity contribution in [3.05, 3.63) is 71.0 Å². The molecule has 0 radical (unpaired) electrons. The summed E-state index contributed by atoms with van der Waals surface area (Å²) in [5, 5.41) is 3.50. The summed E-state index contributed by atoms with van der Waals surface area (Å²) in [7, 11) is 0. The monoisotopic (exact) mass is 269 g/mol. The third-order valence-corrected chi connectivity index (χ3v) is 4.02. The van der Waals surface area contributed by atoms with E-state index in [2.05, 4.69) is 36.5 Å². The Morgan fingerprint density at radius 3 is 2.70 bits per heavy atom. The first kappa shape index (κ1) is 13.3. The molecule has 2 heteroatoms. The van der Waals surface area contributed by atoms with E-state index >= 15 is 0 Å². The van der Waals surface area contributed by atoms with Crippen LogP contribution in [0.3, 0.4) is 0 Å². The van der Waals surface area contributed by atoms with Gasteiger partial charge in [-0.15, -0.1) is 0 Å². The second-order valence-corrected chi connectivity index (χ2v) is 5.63. The van der Waals surface area contributed by atoms with Crippen molar-refractivity contribution >= 4 is 0 Å². The molecule has 2 aromatic rings. The molecule has 2 aromatic carbocycles. The number of rotatable bonds is 5.